The Morgan fingerprint density at radius 3 is 2.75 bits per heavy atom. The Morgan fingerprint density at radius 1 is 1.31 bits per heavy atom. The van der Waals surface area contributed by atoms with E-state index in [-0.39, 0.29) is 0 Å². The van der Waals surface area contributed by atoms with Crippen LogP contribution in [0.2, 0.25) is 0 Å². The predicted molar refractivity (Wildman–Crippen MR) is 62.9 cm³/mol. The zero-order valence-corrected chi connectivity index (χ0v) is 9.28. The Kier molecular flexibility index (Phi) is 2.77. The summed E-state index contributed by atoms with van der Waals surface area (Å²) in [6.07, 6.45) is 2.69. The van der Waals surface area contributed by atoms with Crippen LogP contribution < -0.4 is 4.74 Å². The number of benzene rings is 1. The van der Waals surface area contributed by atoms with Gasteiger partial charge in [-0.3, -0.25) is 4.79 Å². The average Bonchev–Trinajstić information content (AvgIpc) is 2.70. The minimum Gasteiger partial charge on any atom is -0.496 e. The van der Waals surface area contributed by atoms with Crippen molar-refractivity contribution in [3.8, 4) is 17.0 Å². The SMILES string of the molecule is COc1ccccc1-c1[nH]cc(C)c1C=O. The fourth-order valence-electron chi connectivity index (χ4n) is 1.76. The number of methoxy groups -OCH3 is 1. The Bertz CT molecular complexity index is 514. The van der Waals surface area contributed by atoms with E-state index in [1.54, 1.807) is 7.11 Å². The van der Waals surface area contributed by atoms with Gasteiger partial charge in [0.15, 0.2) is 6.29 Å². The summed E-state index contributed by atoms with van der Waals surface area (Å²) in [5.74, 6) is 0.757. The number of aryl methyl sites for hydroxylation is 1. The van der Waals surface area contributed by atoms with Crippen molar-refractivity contribution in [1.29, 1.82) is 0 Å². The van der Waals surface area contributed by atoms with Crippen molar-refractivity contribution in [3.63, 3.8) is 0 Å². The van der Waals surface area contributed by atoms with Crippen molar-refractivity contribution < 1.29 is 9.53 Å². The minimum atomic E-state index is 0.685. The van der Waals surface area contributed by atoms with Crippen LogP contribution in [0.25, 0.3) is 11.3 Å². The highest BCUT2D eigenvalue weighted by Gasteiger charge is 2.12. The molecular weight excluding hydrogens is 202 g/mol. The van der Waals surface area contributed by atoms with Gasteiger partial charge in [-0.1, -0.05) is 12.1 Å². The quantitative estimate of drug-likeness (QED) is 0.800. The Hall–Kier alpha value is -2.03. The van der Waals surface area contributed by atoms with E-state index in [4.69, 9.17) is 4.74 Å². The molecule has 0 saturated heterocycles. The number of aromatic nitrogens is 1. The first-order chi connectivity index (χ1) is 7.77. The fraction of sp³-hybridized carbons (Fsp3) is 0.154. The predicted octanol–water partition coefficient (Wildman–Crippen LogP) is 2.81. The van der Waals surface area contributed by atoms with E-state index in [0.717, 1.165) is 28.9 Å². The van der Waals surface area contributed by atoms with Gasteiger partial charge in [0.25, 0.3) is 0 Å². The standard InChI is InChI=1S/C13H13NO2/c1-9-7-14-13(11(9)8-15)10-5-3-4-6-12(10)16-2/h3-8,14H,1-2H3. The summed E-state index contributed by atoms with van der Waals surface area (Å²) >= 11 is 0. The van der Waals surface area contributed by atoms with E-state index in [2.05, 4.69) is 4.98 Å². The highest BCUT2D eigenvalue weighted by atomic mass is 16.5. The van der Waals surface area contributed by atoms with Crippen LogP contribution in [0.15, 0.2) is 30.5 Å². The van der Waals surface area contributed by atoms with E-state index in [0.29, 0.717) is 5.56 Å². The number of nitrogens with one attached hydrogen (secondary N) is 1. The molecule has 3 heteroatoms. The molecule has 0 aliphatic carbocycles. The molecule has 0 fully saturated rings. The summed E-state index contributed by atoms with van der Waals surface area (Å²) < 4.78 is 5.27. The number of para-hydroxylation sites is 1. The second-order valence-electron chi connectivity index (χ2n) is 3.58. The monoisotopic (exact) mass is 215 g/mol. The van der Waals surface area contributed by atoms with Gasteiger partial charge in [0, 0.05) is 17.3 Å². The lowest BCUT2D eigenvalue weighted by atomic mass is 10.1. The van der Waals surface area contributed by atoms with E-state index >= 15 is 0 Å². The van der Waals surface area contributed by atoms with Crippen molar-refractivity contribution >= 4 is 6.29 Å². The summed E-state index contributed by atoms with van der Waals surface area (Å²) in [6.45, 7) is 1.90. The molecule has 82 valence electrons. The van der Waals surface area contributed by atoms with Gasteiger partial charge in [-0.2, -0.15) is 0 Å². The smallest absolute Gasteiger partial charge is 0.152 e. The third-order valence-corrected chi connectivity index (χ3v) is 2.62. The Balaban J connectivity index is 2.62. The number of ether oxygens (including phenoxy) is 1. The molecule has 1 N–H and O–H groups in total. The summed E-state index contributed by atoms with van der Waals surface area (Å²) in [4.78, 5) is 14.1. The maximum atomic E-state index is 11.0. The molecule has 1 aromatic heterocycles. The molecule has 0 spiro atoms. The van der Waals surface area contributed by atoms with E-state index in [1.807, 2.05) is 37.4 Å². The third-order valence-electron chi connectivity index (χ3n) is 2.62. The van der Waals surface area contributed by atoms with Crippen LogP contribution in [0.1, 0.15) is 15.9 Å². The van der Waals surface area contributed by atoms with Gasteiger partial charge in [-0.25, -0.2) is 0 Å². The zero-order valence-electron chi connectivity index (χ0n) is 9.28. The highest BCUT2D eigenvalue weighted by molar-refractivity contribution is 5.89. The van der Waals surface area contributed by atoms with E-state index < -0.39 is 0 Å². The van der Waals surface area contributed by atoms with Gasteiger partial charge in [0.1, 0.15) is 5.75 Å². The molecule has 2 rings (SSSR count). The fourth-order valence-corrected chi connectivity index (χ4v) is 1.76. The number of rotatable bonds is 3. The second-order valence-corrected chi connectivity index (χ2v) is 3.58. The number of H-pyrrole nitrogens is 1. The number of carbonyl (C=O) groups excluding carboxylic acids is 1. The van der Waals surface area contributed by atoms with Gasteiger partial charge in [-0.05, 0) is 24.6 Å². The first kappa shape index (κ1) is 10.5. The maximum Gasteiger partial charge on any atom is 0.152 e. The van der Waals surface area contributed by atoms with Crippen molar-refractivity contribution in [2.75, 3.05) is 7.11 Å². The Morgan fingerprint density at radius 2 is 2.06 bits per heavy atom. The van der Waals surface area contributed by atoms with Crippen LogP contribution in [0.5, 0.6) is 5.75 Å². The molecule has 0 bridgehead atoms. The van der Waals surface area contributed by atoms with Crippen LogP contribution in [0.3, 0.4) is 0 Å². The molecule has 0 aliphatic rings. The average molecular weight is 215 g/mol. The number of aromatic amines is 1. The summed E-state index contributed by atoms with van der Waals surface area (Å²) in [5.41, 5.74) is 3.34. The lowest BCUT2D eigenvalue weighted by Crippen LogP contribution is -1.90. The molecule has 1 aromatic carbocycles. The normalized spacial score (nSPS) is 10.1. The van der Waals surface area contributed by atoms with Crippen LogP contribution >= 0.6 is 0 Å². The van der Waals surface area contributed by atoms with Gasteiger partial charge in [0.2, 0.25) is 0 Å². The van der Waals surface area contributed by atoms with Crippen LogP contribution in [-0.2, 0) is 0 Å². The zero-order chi connectivity index (χ0) is 11.5. The van der Waals surface area contributed by atoms with Crippen LogP contribution in [0, 0.1) is 6.92 Å². The number of hydrogen-bond donors (Lipinski definition) is 1. The first-order valence-electron chi connectivity index (χ1n) is 5.04. The third kappa shape index (κ3) is 1.60. The Labute approximate surface area is 94.1 Å². The molecule has 1 heterocycles. The molecule has 0 amide bonds. The van der Waals surface area contributed by atoms with Crippen LogP contribution in [0.4, 0.5) is 0 Å². The molecule has 3 nitrogen and oxygen atoms in total. The van der Waals surface area contributed by atoms with Gasteiger partial charge < -0.3 is 9.72 Å². The number of carbonyl (C=O) groups is 1. The molecular formula is C13H13NO2. The van der Waals surface area contributed by atoms with Crippen molar-refractivity contribution in [2.24, 2.45) is 0 Å². The van der Waals surface area contributed by atoms with E-state index in [9.17, 15) is 4.79 Å². The van der Waals surface area contributed by atoms with Crippen LogP contribution in [-0.4, -0.2) is 18.4 Å². The number of aldehydes is 1. The summed E-state index contributed by atoms with van der Waals surface area (Å²) in [6, 6.07) is 7.62. The van der Waals surface area contributed by atoms with Gasteiger partial charge in [0.05, 0.1) is 12.8 Å². The minimum absolute atomic E-state index is 0.685. The van der Waals surface area contributed by atoms with Crippen molar-refractivity contribution in [3.05, 3.63) is 41.6 Å². The molecule has 0 radical (unpaired) electrons. The first-order valence-corrected chi connectivity index (χ1v) is 5.04. The molecule has 0 unspecified atom stereocenters. The van der Waals surface area contributed by atoms with Crippen molar-refractivity contribution in [2.45, 2.75) is 6.92 Å². The number of hydrogen-bond acceptors (Lipinski definition) is 2. The largest absolute Gasteiger partial charge is 0.496 e. The summed E-state index contributed by atoms with van der Waals surface area (Å²) in [5, 5.41) is 0. The topological polar surface area (TPSA) is 42.1 Å². The maximum absolute atomic E-state index is 11.0. The highest BCUT2D eigenvalue weighted by Crippen LogP contribution is 2.31. The van der Waals surface area contributed by atoms with E-state index in [1.165, 1.54) is 0 Å². The van der Waals surface area contributed by atoms with Gasteiger partial charge >= 0.3 is 0 Å². The molecule has 0 atom stereocenters. The lowest BCUT2D eigenvalue weighted by molar-refractivity contribution is 0.112. The molecule has 2 aromatic rings. The second kappa shape index (κ2) is 4.23. The molecule has 16 heavy (non-hydrogen) atoms. The lowest BCUT2D eigenvalue weighted by Gasteiger charge is -2.07. The summed E-state index contributed by atoms with van der Waals surface area (Å²) in [7, 11) is 1.62. The van der Waals surface area contributed by atoms with Gasteiger partial charge in [-0.15, -0.1) is 0 Å². The van der Waals surface area contributed by atoms with Crippen molar-refractivity contribution in [1.82, 2.24) is 4.98 Å². The molecule has 0 aliphatic heterocycles. The molecule has 0 saturated carbocycles.